The number of carbonyl (C=O) groups is 1. The van der Waals surface area contributed by atoms with E-state index < -0.39 is 17.8 Å². The van der Waals surface area contributed by atoms with Gasteiger partial charge in [-0.25, -0.2) is 4.79 Å². The molecule has 1 atom stereocenters. The van der Waals surface area contributed by atoms with Gasteiger partial charge in [-0.1, -0.05) is 6.07 Å². The lowest BCUT2D eigenvalue weighted by Crippen LogP contribution is -2.37. The topological polar surface area (TPSA) is 71.5 Å². The first-order valence-electron chi connectivity index (χ1n) is 5.90. The minimum Gasteiger partial charge on any atom is -0.444 e. The summed E-state index contributed by atoms with van der Waals surface area (Å²) in [5, 5.41) is 12.3. The van der Waals surface area contributed by atoms with Gasteiger partial charge in [0.15, 0.2) is 0 Å². The molecule has 18 heavy (non-hydrogen) atoms. The van der Waals surface area contributed by atoms with Crippen molar-refractivity contribution in [2.24, 2.45) is 0 Å². The first-order valence-corrected chi connectivity index (χ1v) is 5.90. The van der Waals surface area contributed by atoms with Crippen molar-refractivity contribution in [2.75, 3.05) is 6.54 Å². The molecule has 0 aliphatic heterocycles. The number of aromatic nitrogens is 1. The average Bonchev–Trinajstić information content (AvgIpc) is 2.25. The summed E-state index contributed by atoms with van der Waals surface area (Å²) >= 11 is 0. The summed E-state index contributed by atoms with van der Waals surface area (Å²) in [5.41, 5.74) is 0.397. The van der Waals surface area contributed by atoms with Crippen molar-refractivity contribution in [3.05, 3.63) is 30.1 Å². The molecule has 1 amide bonds. The van der Waals surface area contributed by atoms with E-state index in [4.69, 9.17) is 4.74 Å². The number of pyridine rings is 1. The van der Waals surface area contributed by atoms with E-state index in [0.717, 1.165) is 5.56 Å². The maximum atomic E-state index is 11.4. The van der Waals surface area contributed by atoms with Crippen molar-refractivity contribution in [3.8, 4) is 0 Å². The zero-order valence-corrected chi connectivity index (χ0v) is 11.0. The number of nitrogens with zero attached hydrogens (tertiary/aromatic N) is 1. The lowest BCUT2D eigenvalue weighted by molar-refractivity contribution is 0.0492. The van der Waals surface area contributed by atoms with Gasteiger partial charge < -0.3 is 15.2 Å². The molecule has 0 fully saturated rings. The first-order chi connectivity index (χ1) is 8.37. The van der Waals surface area contributed by atoms with E-state index in [-0.39, 0.29) is 6.54 Å². The van der Waals surface area contributed by atoms with Gasteiger partial charge in [-0.3, -0.25) is 4.98 Å². The smallest absolute Gasteiger partial charge is 0.407 e. The first kappa shape index (κ1) is 14.4. The van der Waals surface area contributed by atoms with E-state index in [1.807, 2.05) is 12.1 Å². The van der Waals surface area contributed by atoms with Crippen LogP contribution in [0.4, 0.5) is 4.79 Å². The van der Waals surface area contributed by atoms with Crippen LogP contribution in [0.25, 0.3) is 0 Å². The van der Waals surface area contributed by atoms with Crippen LogP contribution in [0.1, 0.15) is 26.3 Å². The second-order valence-corrected chi connectivity index (χ2v) is 5.10. The largest absolute Gasteiger partial charge is 0.444 e. The molecular formula is C13H20N2O3. The Labute approximate surface area is 107 Å². The number of aliphatic hydroxyl groups excluding tert-OH is 1. The van der Waals surface area contributed by atoms with Crippen molar-refractivity contribution in [1.29, 1.82) is 0 Å². The Bertz CT molecular complexity index is 374. The molecule has 1 aromatic rings. The van der Waals surface area contributed by atoms with Crippen LogP contribution in [0.3, 0.4) is 0 Å². The Balaban J connectivity index is 2.29. The zero-order chi connectivity index (χ0) is 13.6. The number of amides is 1. The molecule has 0 saturated heterocycles. The fourth-order valence-corrected chi connectivity index (χ4v) is 1.38. The van der Waals surface area contributed by atoms with E-state index in [2.05, 4.69) is 10.3 Å². The molecule has 1 heterocycles. The van der Waals surface area contributed by atoms with Crippen LogP contribution in [-0.2, 0) is 11.2 Å². The van der Waals surface area contributed by atoms with Crippen molar-refractivity contribution in [1.82, 2.24) is 10.3 Å². The van der Waals surface area contributed by atoms with Gasteiger partial charge in [0, 0.05) is 25.4 Å². The van der Waals surface area contributed by atoms with Gasteiger partial charge >= 0.3 is 6.09 Å². The number of hydrogen-bond donors (Lipinski definition) is 2. The highest BCUT2D eigenvalue weighted by Crippen LogP contribution is 2.06. The van der Waals surface area contributed by atoms with Crippen LogP contribution in [0.15, 0.2) is 24.5 Å². The molecule has 0 saturated carbocycles. The van der Waals surface area contributed by atoms with Crippen LogP contribution in [0.2, 0.25) is 0 Å². The second kappa shape index (κ2) is 6.35. The van der Waals surface area contributed by atoms with Gasteiger partial charge in [0.2, 0.25) is 0 Å². The van der Waals surface area contributed by atoms with Crippen LogP contribution < -0.4 is 5.32 Å². The number of hydrogen-bond acceptors (Lipinski definition) is 4. The number of alkyl carbamates (subject to hydrolysis) is 1. The summed E-state index contributed by atoms with van der Waals surface area (Å²) < 4.78 is 5.06. The van der Waals surface area contributed by atoms with Crippen molar-refractivity contribution in [2.45, 2.75) is 38.9 Å². The summed E-state index contributed by atoms with van der Waals surface area (Å²) in [5.74, 6) is 0. The summed E-state index contributed by atoms with van der Waals surface area (Å²) in [6.07, 6.45) is 2.64. The van der Waals surface area contributed by atoms with Crippen molar-refractivity contribution in [3.63, 3.8) is 0 Å². The van der Waals surface area contributed by atoms with E-state index in [9.17, 15) is 9.90 Å². The Morgan fingerprint density at radius 2 is 2.28 bits per heavy atom. The van der Waals surface area contributed by atoms with Crippen LogP contribution in [-0.4, -0.2) is 34.4 Å². The molecule has 1 aromatic heterocycles. The highest BCUT2D eigenvalue weighted by molar-refractivity contribution is 5.67. The molecule has 1 rings (SSSR count). The molecule has 0 aliphatic carbocycles. The van der Waals surface area contributed by atoms with E-state index in [1.54, 1.807) is 33.2 Å². The van der Waals surface area contributed by atoms with Gasteiger partial charge in [-0.15, -0.1) is 0 Å². The third kappa shape index (κ3) is 6.20. The number of carbonyl (C=O) groups excluding carboxylic acids is 1. The molecule has 0 bridgehead atoms. The monoisotopic (exact) mass is 252 g/mol. The maximum Gasteiger partial charge on any atom is 0.407 e. The van der Waals surface area contributed by atoms with Gasteiger partial charge in [-0.2, -0.15) is 0 Å². The van der Waals surface area contributed by atoms with Gasteiger partial charge in [0.05, 0.1) is 6.10 Å². The van der Waals surface area contributed by atoms with Gasteiger partial charge in [0.1, 0.15) is 5.60 Å². The fourth-order valence-electron chi connectivity index (χ4n) is 1.38. The molecule has 5 heteroatoms. The molecule has 1 unspecified atom stereocenters. The van der Waals surface area contributed by atoms with Gasteiger partial charge in [-0.05, 0) is 32.4 Å². The Morgan fingerprint density at radius 1 is 1.56 bits per heavy atom. The van der Waals surface area contributed by atoms with Crippen molar-refractivity contribution >= 4 is 6.09 Å². The standard InChI is InChI=1S/C13H20N2O3/c1-13(2,3)18-12(17)15-9-11(16)7-10-5-4-6-14-8-10/h4-6,8,11,16H,7,9H2,1-3H3,(H,15,17). The zero-order valence-electron chi connectivity index (χ0n) is 11.0. The molecule has 0 aliphatic rings. The molecule has 5 nitrogen and oxygen atoms in total. The quantitative estimate of drug-likeness (QED) is 0.852. The number of aliphatic hydroxyl groups is 1. The summed E-state index contributed by atoms with van der Waals surface area (Å²) in [7, 11) is 0. The lowest BCUT2D eigenvalue weighted by atomic mass is 10.1. The predicted molar refractivity (Wildman–Crippen MR) is 68.2 cm³/mol. The number of rotatable bonds is 4. The summed E-state index contributed by atoms with van der Waals surface area (Å²) in [4.78, 5) is 15.3. The minimum atomic E-state index is -0.651. The van der Waals surface area contributed by atoms with Gasteiger partial charge in [0.25, 0.3) is 0 Å². The maximum absolute atomic E-state index is 11.4. The molecule has 0 spiro atoms. The predicted octanol–water partition coefficient (Wildman–Crippen LogP) is 1.51. The summed E-state index contributed by atoms with van der Waals surface area (Å²) in [6.45, 7) is 5.53. The number of nitrogens with one attached hydrogen (secondary N) is 1. The Morgan fingerprint density at radius 3 is 2.83 bits per heavy atom. The second-order valence-electron chi connectivity index (χ2n) is 5.10. The Hall–Kier alpha value is -1.62. The lowest BCUT2D eigenvalue weighted by Gasteiger charge is -2.20. The Kier molecular flexibility index (Phi) is 5.09. The molecule has 100 valence electrons. The van der Waals surface area contributed by atoms with Crippen molar-refractivity contribution < 1.29 is 14.6 Å². The van der Waals surface area contributed by atoms with E-state index in [1.165, 1.54) is 0 Å². The van der Waals surface area contributed by atoms with E-state index in [0.29, 0.717) is 6.42 Å². The molecule has 2 N–H and O–H groups in total. The number of ether oxygens (including phenoxy) is 1. The normalized spacial score (nSPS) is 12.9. The third-order valence-electron chi connectivity index (χ3n) is 2.08. The third-order valence-corrected chi connectivity index (χ3v) is 2.08. The highest BCUT2D eigenvalue weighted by Gasteiger charge is 2.16. The van der Waals surface area contributed by atoms with Crippen LogP contribution in [0.5, 0.6) is 0 Å². The van der Waals surface area contributed by atoms with Crippen LogP contribution >= 0.6 is 0 Å². The molecule has 0 radical (unpaired) electrons. The highest BCUT2D eigenvalue weighted by atomic mass is 16.6. The molecule has 0 aromatic carbocycles. The minimum absolute atomic E-state index is 0.157. The summed E-state index contributed by atoms with van der Waals surface area (Å²) in [6, 6.07) is 3.69. The van der Waals surface area contributed by atoms with E-state index >= 15 is 0 Å². The molecular weight excluding hydrogens is 232 g/mol. The average molecular weight is 252 g/mol. The van der Waals surface area contributed by atoms with Crippen LogP contribution in [0, 0.1) is 0 Å². The fraction of sp³-hybridized carbons (Fsp3) is 0.538. The SMILES string of the molecule is CC(C)(C)OC(=O)NCC(O)Cc1cccnc1.